The molecule has 0 aliphatic rings. The summed E-state index contributed by atoms with van der Waals surface area (Å²) in [4.78, 5) is 4.31. The second-order valence-electron chi connectivity index (χ2n) is 3.96. The minimum absolute atomic E-state index is 0.514. The molecule has 6 heteroatoms. The smallest absolute Gasteiger partial charge is 0.159 e. The maximum absolute atomic E-state index is 13.2. The van der Waals surface area contributed by atoms with Crippen molar-refractivity contribution < 1.29 is 8.78 Å². The van der Waals surface area contributed by atoms with Crippen molar-refractivity contribution in [3.63, 3.8) is 0 Å². The predicted molar refractivity (Wildman–Crippen MR) is 64.0 cm³/mol. The highest BCUT2D eigenvalue weighted by Gasteiger charge is 2.11. The fourth-order valence-corrected chi connectivity index (χ4v) is 1.67. The number of halogens is 2. The molecule has 0 bridgehead atoms. The molecule has 1 aromatic carbocycles. The Bertz CT molecular complexity index is 551. The van der Waals surface area contributed by atoms with E-state index in [4.69, 9.17) is 0 Å². The largest absolute Gasteiger partial charge is 0.319 e. The van der Waals surface area contributed by atoms with E-state index in [0.29, 0.717) is 23.6 Å². The fourth-order valence-electron chi connectivity index (χ4n) is 1.67. The number of rotatable bonds is 4. The van der Waals surface area contributed by atoms with Crippen LogP contribution in [0.3, 0.4) is 0 Å². The van der Waals surface area contributed by atoms with Gasteiger partial charge >= 0.3 is 0 Å². The van der Waals surface area contributed by atoms with Gasteiger partial charge in [-0.25, -0.2) is 18.4 Å². The van der Waals surface area contributed by atoms with Crippen molar-refractivity contribution in [2.24, 2.45) is 7.05 Å². The lowest BCUT2D eigenvalue weighted by Crippen LogP contribution is -2.11. The molecule has 0 fully saturated rings. The minimum Gasteiger partial charge on any atom is -0.319 e. The first-order valence-electron chi connectivity index (χ1n) is 5.61. The van der Waals surface area contributed by atoms with Crippen LogP contribution in [0, 0.1) is 11.6 Å². The van der Waals surface area contributed by atoms with Gasteiger partial charge in [-0.1, -0.05) is 0 Å². The number of nitrogens with zero attached hydrogens (tertiary/aromatic N) is 3. The van der Waals surface area contributed by atoms with Crippen LogP contribution in [0.25, 0.3) is 11.4 Å². The summed E-state index contributed by atoms with van der Waals surface area (Å²) in [6.45, 7) is 0.765. The minimum atomic E-state index is -0.882. The highest BCUT2D eigenvalue weighted by molar-refractivity contribution is 5.55. The van der Waals surface area contributed by atoms with Crippen molar-refractivity contribution in [2.45, 2.75) is 6.42 Å². The molecule has 1 N–H and O–H groups in total. The second kappa shape index (κ2) is 5.22. The van der Waals surface area contributed by atoms with Gasteiger partial charge in [0.05, 0.1) is 0 Å². The Morgan fingerprint density at radius 1 is 1.28 bits per heavy atom. The molecular weight excluding hydrogens is 238 g/mol. The highest BCUT2D eigenvalue weighted by atomic mass is 19.2. The van der Waals surface area contributed by atoms with E-state index in [1.54, 1.807) is 11.7 Å². The van der Waals surface area contributed by atoms with E-state index in [1.807, 2.05) is 7.05 Å². The van der Waals surface area contributed by atoms with Crippen molar-refractivity contribution in [1.82, 2.24) is 20.1 Å². The third-order valence-electron chi connectivity index (χ3n) is 2.58. The number of aromatic nitrogens is 3. The third-order valence-corrected chi connectivity index (χ3v) is 2.58. The first kappa shape index (κ1) is 12.6. The molecule has 2 rings (SSSR count). The maximum Gasteiger partial charge on any atom is 0.159 e. The van der Waals surface area contributed by atoms with E-state index in [9.17, 15) is 8.78 Å². The van der Waals surface area contributed by atoms with Crippen LogP contribution in [0.4, 0.5) is 8.78 Å². The van der Waals surface area contributed by atoms with Crippen LogP contribution < -0.4 is 5.32 Å². The highest BCUT2D eigenvalue weighted by Crippen LogP contribution is 2.19. The summed E-state index contributed by atoms with van der Waals surface area (Å²) in [6.07, 6.45) is 0.689. The Morgan fingerprint density at radius 3 is 2.72 bits per heavy atom. The van der Waals surface area contributed by atoms with Crippen molar-refractivity contribution in [2.75, 3.05) is 13.6 Å². The summed E-state index contributed by atoms with van der Waals surface area (Å²) in [5.41, 5.74) is 0.514. The molecule has 96 valence electrons. The van der Waals surface area contributed by atoms with Crippen LogP contribution in [0.15, 0.2) is 18.2 Å². The standard InChI is InChI=1S/C12H14F2N4/c1-15-6-5-11-16-12(18(2)17-11)8-3-4-9(13)10(14)7-8/h3-4,7,15H,5-6H2,1-2H3. The zero-order chi connectivity index (χ0) is 13.1. The molecule has 1 heterocycles. The molecule has 0 spiro atoms. The van der Waals surface area contributed by atoms with Gasteiger partial charge in [-0.2, -0.15) is 5.10 Å². The normalized spacial score (nSPS) is 10.9. The number of nitrogens with one attached hydrogen (secondary N) is 1. The van der Waals surface area contributed by atoms with Crippen molar-refractivity contribution in [1.29, 1.82) is 0 Å². The van der Waals surface area contributed by atoms with Crippen LogP contribution in [0.2, 0.25) is 0 Å². The number of likely N-dealkylation sites (N-methyl/N-ethyl adjacent to an activating group) is 1. The van der Waals surface area contributed by atoms with Gasteiger partial charge in [-0.3, -0.25) is 0 Å². The molecule has 0 unspecified atom stereocenters. The van der Waals surface area contributed by atoms with Crippen LogP contribution in [0.5, 0.6) is 0 Å². The van der Waals surface area contributed by atoms with E-state index in [2.05, 4.69) is 15.4 Å². The van der Waals surface area contributed by atoms with Crippen molar-refractivity contribution >= 4 is 0 Å². The lowest BCUT2D eigenvalue weighted by Gasteiger charge is -2.00. The fraction of sp³-hybridized carbons (Fsp3) is 0.333. The summed E-state index contributed by atoms with van der Waals surface area (Å²) in [7, 11) is 3.58. The van der Waals surface area contributed by atoms with Crippen molar-refractivity contribution in [3.8, 4) is 11.4 Å². The van der Waals surface area contributed by atoms with E-state index in [-0.39, 0.29) is 0 Å². The first-order chi connectivity index (χ1) is 8.61. The molecule has 0 amide bonds. The SMILES string of the molecule is CNCCc1nc(-c2ccc(F)c(F)c2)n(C)n1. The van der Waals surface area contributed by atoms with Crippen LogP contribution in [-0.2, 0) is 13.5 Å². The molecule has 0 atom stereocenters. The Kier molecular flexibility index (Phi) is 3.66. The average molecular weight is 252 g/mol. The van der Waals surface area contributed by atoms with Crippen LogP contribution >= 0.6 is 0 Å². The zero-order valence-electron chi connectivity index (χ0n) is 10.2. The van der Waals surface area contributed by atoms with E-state index < -0.39 is 11.6 Å². The molecule has 0 saturated carbocycles. The number of hydrogen-bond donors (Lipinski definition) is 1. The summed E-state index contributed by atoms with van der Waals surface area (Å²) >= 11 is 0. The first-order valence-corrected chi connectivity index (χ1v) is 5.61. The van der Waals surface area contributed by atoms with Gasteiger partial charge in [0.25, 0.3) is 0 Å². The van der Waals surface area contributed by atoms with E-state index in [0.717, 1.165) is 18.7 Å². The lowest BCUT2D eigenvalue weighted by molar-refractivity contribution is 0.509. The summed E-state index contributed by atoms with van der Waals surface area (Å²) < 4.78 is 27.6. The number of hydrogen-bond acceptors (Lipinski definition) is 3. The maximum atomic E-state index is 13.2. The summed E-state index contributed by atoms with van der Waals surface area (Å²) in [6, 6.07) is 3.71. The van der Waals surface area contributed by atoms with E-state index >= 15 is 0 Å². The number of benzene rings is 1. The quantitative estimate of drug-likeness (QED) is 0.897. The Morgan fingerprint density at radius 2 is 2.06 bits per heavy atom. The predicted octanol–water partition coefficient (Wildman–Crippen LogP) is 1.52. The molecule has 1 aromatic heterocycles. The molecule has 0 aliphatic heterocycles. The number of aryl methyl sites for hydroxylation is 1. The third kappa shape index (κ3) is 2.53. The van der Waals surface area contributed by atoms with Gasteiger partial charge in [0.2, 0.25) is 0 Å². The Labute approximate surface area is 104 Å². The van der Waals surface area contributed by atoms with Gasteiger partial charge in [-0.15, -0.1) is 0 Å². The topological polar surface area (TPSA) is 42.7 Å². The van der Waals surface area contributed by atoms with Crippen LogP contribution in [0.1, 0.15) is 5.82 Å². The Hall–Kier alpha value is -1.82. The molecule has 0 saturated heterocycles. The van der Waals surface area contributed by atoms with Gasteiger partial charge in [0.15, 0.2) is 23.3 Å². The molecule has 0 radical (unpaired) electrons. The monoisotopic (exact) mass is 252 g/mol. The average Bonchev–Trinajstić information content (AvgIpc) is 2.71. The van der Waals surface area contributed by atoms with Crippen molar-refractivity contribution in [3.05, 3.63) is 35.7 Å². The van der Waals surface area contributed by atoms with E-state index in [1.165, 1.54) is 6.07 Å². The second-order valence-corrected chi connectivity index (χ2v) is 3.96. The van der Waals surface area contributed by atoms with Crippen LogP contribution in [-0.4, -0.2) is 28.4 Å². The molecule has 4 nitrogen and oxygen atoms in total. The molecular formula is C12H14F2N4. The zero-order valence-corrected chi connectivity index (χ0v) is 10.2. The lowest BCUT2D eigenvalue weighted by atomic mass is 10.2. The Balaban J connectivity index is 2.32. The summed E-state index contributed by atoms with van der Waals surface area (Å²) in [5, 5.41) is 7.23. The van der Waals surface area contributed by atoms with Gasteiger partial charge < -0.3 is 5.32 Å². The molecule has 18 heavy (non-hydrogen) atoms. The van der Waals surface area contributed by atoms with Gasteiger partial charge in [0.1, 0.15) is 0 Å². The molecule has 0 aliphatic carbocycles. The van der Waals surface area contributed by atoms with Gasteiger partial charge in [-0.05, 0) is 25.2 Å². The molecule has 2 aromatic rings. The summed E-state index contributed by atoms with van der Waals surface area (Å²) in [5.74, 6) is -0.546. The van der Waals surface area contributed by atoms with Gasteiger partial charge in [0, 0.05) is 25.6 Å².